The van der Waals surface area contributed by atoms with E-state index in [2.05, 4.69) is 112 Å². The van der Waals surface area contributed by atoms with Crippen LogP contribution in [-0.2, 0) is 22.8 Å². The molecule has 6 atom stereocenters. The van der Waals surface area contributed by atoms with E-state index in [1.54, 1.807) is 23.4 Å². The fourth-order valence-corrected chi connectivity index (χ4v) is 10.0. The second-order valence-electron chi connectivity index (χ2n) is 20.8. The molecule has 6 rings (SSSR count). The molecule has 1 aromatic carbocycles. The quantitative estimate of drug-likeness (QED) is 0.125. The van der Waals surface area contributed by atoms with E-state index >= 15 is 0 Å². The fraction of sp³-hybridized carbons (Fsp3) is 0.667. The second kappa shape index (κ2) is 16.2. The van der Waals surface area contributed by atoms with E-state index in [1.807, 2.05) is 34.9 Å². The van der Waals surface area contributed by atoms with Crippen molar-refractivity contribution in [3.05, 3.63) is 60.2 Å². The van der Waals surface area contributed by atoms with E-state index in [4.69, 9.17) is 37.7 Å². The van der Waals surface area contributed by atoms with Gasteiger partial charge in [-0.05, 0) is 66.4 Å². The number of hydrogen-bond donors (Lipinski definition) is 2. The Labute approximate surface area is 349 Å². The van der Waals surface area contributed by atoms with E-state index < -0.39 is 55.6 Å². The van der Waals surface area contributed by atoms with Crippen molar-refractivity contribution in [2.75, 3.05) is 25.1 Å². The molecule has 2 aliphatic rings. The topological polar surface area (TPSA) is 140 Å². The number of anilines is 1. The summed E-state index contributed by atoms with van der Waals surface area (Å²) in [5, 5.41) is 19.4. The van der Waals surface area contributed by atoms with Crippen LogP contribution in [-0.4, -0.2) is 104 Å². The molecule has 2 saturated heterocycles. The van der Waals surface area contributed by atoms with Gasteiger partial charge in [0.1, 0.15) is 24.4 Å². The van der Waals surface area contributed by atoms with Crippen molar-refractivity contribution in [3.63, 3.8) is 0 Å². The van der Waals surface area contributed by atoms with Crippen LogP contribution in [0.2, 0.25) is 54.4 Å². The molecule has 2 N–H and O–H groups in total. The minimum atomic E-state index is -2.42. The number of nitrogens with one attached hydrogen (secondary N) is 1. The van der Waals surface area contributed by atoms with Gasteiger partial charge in [-0.2, -0.15) is 15.1 Å². The first-order valence-corrected chi connectivity index (χ1v) is 29.5. The van der Waals surface area contributed by atoms with Gasteiger partial charge in [0.05, 0.1) is 31.8 Å². The molecule has 2 unspecified atom stereocenters. The number of rotatable bonds is 13. The molecule has 13 nitrogen and oxygen atoms in total. The smallest absolute Gasteiger partial charge is 0.254 e. The third kappa shape index (κ3) is 9.24. The maximum absolute atomic E-state index is 11.2. The van der Waals surface area contributed by atoms with Gasteiger partial charge >= 0.3 is 0 Å². The molecule has 16 heteroatoms. The number of benzene rings is 1. The predicted molar refractivity (Wildman–Crippen MR) is 237 cm³/mol. The third-order valence-corrected chi connectivity index (χ3v) is 26.8. The summed E-state index contributed by atoms with van der Waals surface area (Å²) in [6, 6.07) is 9.59. The lowest BCUT2D eigenvalue weighted by atomic mass is 10.1. The summed E-state index contributed by atoms with van der Waals surface area (Å²) < 4.78 is 38.4. The highest BCUT2D eigenvalue weighted by atomic mass is 28.4. The zero-order valence-corrected chi connectivity index (χ0v) is 40.6. The third-order valence-electron chi connectivity index (χ3n) is 13.4. The molecule has 4 aromatic rings. The molecule has 0 radical (unpaired) electrons. The Bertz CT molecular complexity index is 2010. The Hall–Kier alpha value is -2.81. The van der Waals surface area contributed by atoms with Crippen LogP contribution in [0.5, 0.6) is 0 Å². The van der Waals surface area contributed by atoms with Crippen molar-refractivity contribution < 1.29 is 27.9 Å². The number of fused-ring (bicyclic) bond motifs is 1. The van der Waals surface area contributed by atoms with Crippen LogP contribution in [0.3, 0.4) is 0 Å². The van der Waals surface area contributed by atoms with Crippen molar-refractivity contribution in [1.29, 1.82) is 0 Å². The van der Waals surface area contributed by atoms with Crippen molar-refractivity contribution in [1.82, 2.24) is 29.3 Å². The van der Waals surface area contributed by atoms with E-state index in [-0.39, 0.29) is 21.2 Å². The van der Waals surface area contributed by atoms with Crippen LogP contribution in [0.15, 0.2) is 49.1 Å². The highest BCUT2D eigenvalue weighted by Gasteiger charge is 2.55. The van der Waals surface area contributed by atoms with Crippen molar-refractivity contribution in [3.8, 4) is 5.95 Å². The minimum absolute atomic E-state index is 0.0168. The maximum Gasteiger partial charge on any atom is 0.254 e. The van der Waals surface area contributed by atoms with E-state index in [9.17, 15) is 5.11 Å². The van der Waals surface area contributed by atoms with Gasteiger partial charge in [0.15, 0.2) is 48.2 Å². The Morgan fingerprint density at radius 1 is 0.845 bits per heavy atom. The number of ether oxygens (including phenoxy) is 2. The first kappa shape index (κ1) is 44.7. The van der Waals surface area contributed by atoms with Crippen LogP contribution < -0.4 is 5.32 Å². The van der Waals surface area contributed by atoms with Gasteiger partial charge in [-0.25, -0.2) is 9.67 Å². The van der Waals surface area contributed by atoms with Crippen LogP contribution >= 0.6 is 0 Å². The van der Waals surface area contributed by atoms with Gasteiger partial charge in [-0.3, -0.25) is 4.57 Å². The standard InChI is InChI=1S/C42H69N7O6Si3/c1-40(2,3)56(10,11)52-26-31-34(54-57(12,13)41(4,5)6)35(55-58(14,15)42(7,8)9)38(53-31)48-27-43-32-36(45-30-21-22-51-25-30)46-39(47-37(32)48)49-24-29(23-44-49)33(50)28-19-17-16-18-20-28/h16-20,23-24,27,30-31,33-35,38,50H,21-22,25-26H2,1-15H3,(H,45,46,47)/t30?,31-,33?,34-,35-,38-/m1/s1. The highest BCUT2D eigenvalue weighted by molar-refractivity contribution is 6.75. The lowest BCUT2D eigenvalue weighted by Crippen LogP contribution is -2.54. The van der Waals surface area contributed by atoms with Gasteiger partial charge in [0.25, 0.3) is 5.95 Å². The largest absolute Gasteiger partial charge is 0.414 e. The number of aliphatic hydroxyl groups is 1. The van der Waals surface area contributed by atoms with Crippen molar-refractivity contribution in [2.24, 2.45) is 0 Å². The molecule has 0 saturated carbocycles. The van der Waals surface area contributed by atoms with E-state index in [1.165, 1.54) is 0 Å². The van der Waals surface area contributed by atoms with Gasteiger partial charge in [-0.1, -0.05) is 92.6 Å². The van der Waals surface area contributed by atoms with Crippen LogP contribution in [0.1, 0.15) is 92.2 Å². The molecular weight excluding hydrogens is 783 g/mol. The second-order valence-corrected chi connectivity index (χ2v) is 35.1. The average Bonchev–Trinajstić information content (AvgIpc) is 3.94. The summed E-state index contributed by atoms with van der Waals surface area (Å²) in [5.74, 6) is 0.899. The monoisotopic (exact) mass is 851 g/mol. The Morgan fingerprint density at radius 2 is 1.47 bits per heavy atom. The molecule has 2 fully saturated rings. The molecule has 0 amide bonds. The zero-order valence-electron chi connectivity index (χ0n) is 37.6. The van der Waals surface area contributed by atoms with E-state index in [0.717, 1.165) is 12.0 Å². The lowest BCUT2D eigenvalue weighted by molar-refractivity contribution is -0.0470. The van der Waals surface area contributed by atoms with Gasteiger partial charge < -0.3 is 33.2 Å². The minimum Gasteiger partial charge on any atom is -0.414 e. The molecule has 0 aliphatic carbocycles. The Balaban J connectivity index is 1.49. The number of aliphatic hydroxyl groups excluding tert-OH is 1. The molecule has 320 valence electrons. The fourth-order valence-electron chi connectivity index (χ4n) is 6.43. The normalized spacial score (nSPS) is 23.2. The summed E-state index contributed by atoms with van der Waals surface area (Å²) in [5.41, 5.74) is 2.56. The lowest BCUT2D eigenvalue weighted by Gasteiger charge is -2.44. The number of nitrogens with zero attached hydrogens (tertiary/aromatic N) is 6. The first-order valence-electron chi connectivity index (χ1n) is 20.8. The van der Waals surface area contributed by atoms with Crippen LogP contribution in [0.25, 0.3) is 17.1 Å². The van der Waals surface area contributed by atoms with Crippen LogP contribution in [0.4, 0.5) is 5.82 Å². The maximum atomic E-state index is 11.2. The highest BCUT2D eigenvalue weighted by Crippen LogP contribution is 2.47. The summed E-state index contributed by atoms with van der Waals surface area (Å²) in [6.45, 7) is 35.7. The van der Waals surface area contributed by atoms with Gasteiger partial charge in [0.2, 0.25) is 0 Å². The van der Waals surface area contributed by atoms with Crippen molar-refractivity contribution in [2.45, 2.75) is 160 Å². The van der Waals surface area contributed by atoms with Crippen molar-refractivity contribution >= 4 is 41.9 Å². The summed E-state index contributed by atoms with van der Waals surface area (Å²) in [7, 11) is -6.95. The molecule has 3 aromatic heterocycles. The Kier molecular flexibility index (Phi) is 12.5. The SMILES string of the molecule is CC(C)(C)[Si](C)(C)OC[C@H]1O[C@@H](n2cnc3c(NC4CCOC4)nc(-n4cc(C(O)c5ccccc5)cn4)nc32)[C@H](O[Si](C)(C)C(C)(C)C)[C@@H]1O[Si](C)(C)C(C)(C)C. The molecule has 58 heavy (non-hydrogen) atoms. The van der Waals surface area contributed by atoms with Gasteiger partial charge in [-0.15, -0.1) is 0 Å². The Morgan fingerprint density at radius 3 is 2.05 bits per heavy atom. The molecular formula is C42H69N7O6Si3. The average molecular weight is 852 g/mol. The molecule has 0 spiro atoms. The van der Waals surface area contributed by atoms with Crippen LogP contribution in [0, 0.1) is 0 Å². The number of aromatic nitrogens is 6. The van der Waals surface area contributed by atoms with Gasteiger partial charge in [0, 0.05) is 18.4 Å². The predicted octanol–water partition coefficient (Wildman–Crippen LogP) is 8.99. The first-order chi connectivity index (χ1) is 26.8. The summed E-state index contributed by atoms with van der Waals surface area (Å²) in [6.07, 6.45) is 3.24. The zero-order chi connectivity index (χ0) is 42.6. The number of hydrogen-bond acceptors (Lipinski definition) is 11. The summed E-state index contributed by atoms with van der Waals surface area (Å²) >= 11 is 0. The molecule has 2 aliphatic heterocycles. The molecule has 5 heterocycles. The van der Waals surface area contributed by atoms with E-state index in [0.29, 0.717) is 48.3 Å². The molecule has 0 bridgehead atoms. The number of imidazole rings is 1. The summed E-state index contributed by atoms with van der Waals surface area (Å²) in [4.78, 5) is 15.1.